The van der Waals surface area contributed by atoms with Crippen LogP contribution in [0.4, 0.5) is 4.79 Å². The molecular weight excluding hydrogens is 306 g/mol. The van der Waals surface area contributed by atoms with Gasteiger partial charge in [0, 0.05) is 6.42 Å². The van der Waals surface area contributed by atoms with Crippen molar-refractivity contribution in [3.8, 4) is 11.8 Å². The normalized spacial score (nSPS) is 10.9. The van der Waals surface area contributed by atoms with E-state index in [1.165, 1.54) is 13.5 Å². The highest BCUT2D eigenvalue weighted by Gasteiger charge is 2.19. The molecule has 0 aliphatic heterocycles. The number of carbonyl (C=O) groups is 2. The summed E-state index contributed by atoms with van der Waals surface area (Å²) in [6, 6.07) is 8.29. The average molecular weight is 331 g/mol. The maximum Gasteiger partial charge on any atom is 0.408 e. The molecule has 5 nitrogen and oxygen atoms in total. The van der Waals surface area contributed by atoms with Gasteiger partial charge in [-0.05, 0) is 12.0 Å². The lowest BCUT2D eigenvalue weighted by atomic mass is 10.1. The highest BCUT2D eigenvalue weighted by atomic mass is 16.6. The zero-order valence-electron chi connectivity index (χ0n) is 14.3. The van der Waals surface area contributed by atoms with Crippen LogP contribution in [0.1, 0.15) is 44.6 Å². The fraction of sp³-hybridized carbons (Fsp3) is 0.474. The topological polar surface area (TPSA) is 64.6 Å². The van der Waals surface area contributed by atoms with Crippen LogP contribution in [0.3, 0.4) is 0 Å². The van der Waals surface area contributed by atoms with Gasteiger partial charge in [-0.15, -0.1) is 5.92 Å². The molecule has 0 spiro atoms. The molecule has 0 heterocycles. The fourth-order valence-electron chi connectivity index (χ4n) is 1.97. The van der Waals surface area contributed by atoms with Crippen LogP contribution >= 0.6 is 0 Å². The van der Waals surface area contributed by atoms with Crippen molar-refractivity contribution in [1.29, 1.82) is 0 Å². The average Bonchev–Trinajstić information content (AvgIpc) is 2.62. The molecule has 0 aromatic heterocycles. The van der Waals surface area contributed by atoms with Crippen molar-refractivity contribution in [2.45, 2.75) is 51.7 Å². The Kier molecular flexibility index (Phi) is 9.79. The summed E-state index contributed by atoms with van der Waals surface area (Å²) < 4.78 is 9.75. The van der Waals surface area contributed by atoms with Gasteiger partial charge in [0.2, 0.25) is 0 Å². The van der Waals surface area contributed by atoms with E-state index in [1.807, 2.05) is 30.3 Å². The van der Waals surface area contributed by atoms with E-state index in [-0.39, 0.29) is 6.61 Å². The smallest absolute Gasteiger partial charge is 0.408 e. The lowest BCUT2D eigenvalue weighted by Gasteiger charge is -2.11. The molecule has 1 rings (SSSR count). The van der Waals surface area contributed by atoms with Gasteiger partial charge in [0.05, 0.1) is 7.11 Å². The van der Waals surface area contributed by atoms with Gasteiger partial charge in [0.1, 0.15) is 6.61 Å². The number of unbranched alkanes of at least 4 members (excludes halogenated alkanes) is 4. The van der Waals surface area contributed by atoms with Gasteiger partial charge >= 0.3 is 12.1 Å². The number of hydrogen-bond donors (Lipinski definition) is 1. The highest BCUT2D eigenvalue weighted by molar-refractivity contribution is 5.84. The van der Waals surface area contributed by atoms with Crippen LogP contribution in [-0.2, 0) is 20.9 Å². The van der Waals surface area contributed by atoms with E-state index in [9.17, 15) is 9.59 Å². The first-order valence-corrected chi connectivity index (χ1v) is 8.20. The molecule has 0 saturated carbocycles. The number of rotatable bonds is 8. The van der Waals surface area contributed by atoms with Crippen molar-refractivity contribution < 1.29 is 19.1 Å². The number of benzene rings is 1. The predicted octanol–water partition coefficient (Wildman–Crippen LogP) is 3.43. The number of carbonyl (C=O) groups excluding carboxylic acids is 2. The molecule has 5 heteroatoms. The van der Waals surface area contributed by atoms with E-state index in [4.69, 9.17) is 4.74 Å². The highest BCUT2D eigenvalue weighted by Crippen LogP contribution is 2.02. The summed E-state index contributed by atoms with van der Waals surface area (Å²) in [7, 11) is 1.26. The number of esters is 1. The number of amides is 1. The van der Waals surface area contributed by atoms with Crippen LogP contribution in [-0.4, -0.2) is 25.2 Å². The first-order chi connectivity index (χ1) is 11.7. The Hall–Kier alpha value is -2.48. The Morgan fingerprint density at radius 2 is 1.92 bits per heavy atom. The number of methoxy groups -OCH3 is 1. The number of hydrogen-bond acceptors (Lipinski definition) is 4. The maximum absolute atomic E-state index is 11.8. The van der Waals surface area contributed by atoms with Crippen molar-refractivity contribution in [3.05, 3.63) is 35.9 Å². The van der Waals surface area contributed by atoms with Gasteiger partial charge in [-0.1, -0.05) is 62.4 Å². The van der Waals surface area contributed by atoms with E-state index in [0.29, 0.717) is 6.42 Å². The van der Waals surface area contributed by atoms with Crippen molar-refractivity contribution in [2.24, 2.45) is 0 Å². The fourth-order valence-corrected chi connectivity index (χ4v) is 1.97. The second kappa shape index (κ2) is 12.0. The predicted molar refractivity (Wildman–Crippen MR) is 92.1 cm³/mol. The minimum Gasteiger partial charge on any atom is -0.467 e. The van der Waals surface area contributed by atoms with Gasteiger partial charge in [0.25, 0.3) is 0 Å². The van der Waals surface area contributed by atoms with Crippen molar-refractivity contribution in [1.82, 2.24) is 5.32 Å². The molecule has 1 N–H and O–H groups in total. The minimum atomic E-state index is -1.01. The molecule has 130 valence electrons. The van der Waals surface area contributed by atoms with Gasteiger partial charge in [0.15, 0.2) is 6.04 Å². The summed E-state index contributed by atoms with van der Waals surface area (Å²) in [4.78, 5) is 23.5. The molecule has 24 heavy (non-hydrogen) atoms. The molecule has 1 atom stereocenters. The summed E-state index contributed by atoms with van der Waals surface area (Å²) in [6.45, 7) is 2.27. The summed E-state index contributed by atoms with van der Waals surface area (Å²) in [5, 5.41) is 2.43. The van der Waals surface area contributed by atoms with Crippen LogP contribution in [0, 0.1) is 11.8 Å². The standard InChI is InChI=1S/C19H25NO4/c1-3-4-5-6-7-11-14-17(18(21)23-2)20-19(22)24-15-16-12-9-8-10-13-16/h8-10,12-13,17H,3-7,15H2,1-2H3,(H,20,22). The molecule has 1 aromatic carbocycles. The van der Waals surface area contributed by atoms with E-state index < -0.39 is 18.1 Å². The lowest BCUT2D eigenvalue weighted by molar-refractivity contribution is -0.141. The first kappa shape index (κ1) is 19.6. The molecular formula is C19H25NO4. The van der Waals surface area contributed by atoms with Crippen LogP contribution in [0.25, 0.3) is 0 Å². The lowest BCUT2D eigenvalue weighted by Crippen LogP contribution is -2.40. The van der Waals surface area contributed by atoms with Crippen molar-refractivity contribution in [2.75, 3.05) is 7.11 Å². The molecule has 0 aliphatic carbocycles. The number of alkyl carbamates (subject to hydrolysis) is 1. The van der Waals surface area contributed by atoms with Crippen LogP contribution < -0.4 is 5.32 Å². The quantitative estimate of drug-likeness (QED) is 0.450. The van der Waals surface area contributed by atoms with Crippen LogP contribution in [0.2, 0.25) is 0 Å². The maximum atomic E-state index is 11.8. The second-order valence-corrected chi connectivity index (χ2v) is 5.29. The van der Waals surface area contributed by atoms with Crippen LogP contribution in [0.5, 0.6) is 0 Å². The van der Waals surface area contributed by atoms with E-state index in [2.05, 4.69) is 28.8 Å². The second-order valence-electron chi connectivity index (χ2n) is 5.29. The summed E-state index contributed by atoms with van der Waals surface area (Å²) in [6.07, 6.45) is 4.41. The monoisotopic (exact) mass is 331 g/mol. The van der Waals surface area contributed by atoms with Gasteiger partial charge in [-0.3, -0.25) is 5.32 Å². The SMILES string of the molecule is CCCCCCC#CC(NC(=O)OCc1ccccc1)C(=O)OC. The zero-order valence-corrected chi connectivity index (χ0v) is 14.3. The Labute approximate surface area is 143 Å². The molecule has 1 aromatic rings. The molecule has 0 fully saturated rings. The Balaban J connectivity index is 2.45. The summed E-state index contributed by atoms with van der Waals surface area (Å²) >= 11 is 0. The van der Waals surface area contributed by atoms with Gasteiger partial charge in [-0.2, -0.15) is 0 Å². The van der Waals surface area contributed by atoms with E-state index in [0.717, 1.165) is 24.8 Å². The molecule has 0 aliphatic rings. The third-order valence-corrected chi connectivity index (χ3v) is 3.31. The Bertz CT molecular complexity index is 560. The zero-order chi connectivity index (χ0) is 17.6. The summed E-state index contributed by atoms with van der Waals surface area (Å²) in [5.41, 5.74) is 0.865. The van der Waals surface area contributed by atoms with E-state index in [1.54, 1.807) is 0 Å². The molecule has 0 bridgehead atoms. The Morgan fingerprint density at radius 1 is 1.17 bits per heavy atom. The Morgan fingerprint density at radius 3 is 2.58 bits per heavy atom. The van der Waals surface area contributed by atoms with Crippen molar-refractivity contribution >= 4 is 12.1 Å². The number of nitrogens with one attached hydrogen (secondary N) is 1. The minimum absolute atomic E-state index is 0.130. The largest absolute Gasteiger partial charge is 0.467 e. The number of ether oxygens (including phenoxy) is 2. The van der Waals surface area contributed by atoms with Gasteiger partial charge < -0.3 is 9.47 Å². The third kappa shape index (κ3) is 8.23. The first-order valence-electron chi connectivity index (χ1n) is 8.20. The molecule has 0 saturated heterocycles. The molecule has 0 radical (unpaired) electrons. The third-order valence-electron chi connectivity index (χ3n) is 3.31. The van der Waals surface area contributed by atoms with Crippen molar-refractivity contribution in [3.63, 3.8) is 0 Å². The van der Waals surface area contributed by atoms with E-state index >= 15 is 0 Å². The van der Waals surface area contributed by atoms with Gasteiger partial charge in [-0.25, -0.2) is 9.59 Å². The summed E-state index contributed by atoms with van der Waals surface area (Å²) in [5.74, 6) is 5.05. The molecule has 1 unspecified atom stereocenters. The van der Waals surface area contributed by atoms with Crippen LogP contribution in [0.15, 0.2) is 30.3 Å². The molecule has 1 amide bonds.